The predicted octanol–water partition coefficient (Wildman–Crippen LogP) is 1.98. The van der Waals surface area contributed by atoms with Crippen molar-refractivity contribution in [3.05, 3.63) is 35.1 Å². The van der Waals surface area contributed by atoms with Gasteiger partial charge in [0.2, 0.25) is 0 Å². The lowest BCUT2D eigenvalue weighted by Crippen LogP contribution is -2.20. The molecular formula is C13H16F3NO3. The van der Waals surface area contributed by atoms with Gasteiger partial charge in [-0.15, -0.1) is 0 Å². The highest BCUT2D eigenvalue weighted by Crippen LogP contribution is 2.11. The Morgan fingerprint density at radius 2 is 2.15 bits per heavy atom. The van der Waals surface area contributed by atoms with E-state index in [1.165, 1.54) is 19.2 Å². The molecule has 0 atom stereocenters. The molecular weight excluding hydrogens is 275 g/mol. The number of alkyl halides is 2. The molecule has 1 N–H and O–H groups in total. The zero-order valence-electron chi connectivity index (χ0n) is 11.0. The molecule has 0 aliphatic rings. The van der Waals surface area contributed by atoms with Crippen LogP contribution in [0.5, 0.6) is 0 Å². The van der Waals surface area contributed by atoms with Crippen molar-refractivity contribution in [2.45, 2.75) is 13.0 Å². The van der Waals surface area contributed by atoms with Crippen LogP contribution in [0.2, 0.25) is 0 Å². The number of carbonyl (C=O) groups excluding carboxylic acids is 1. The van der Waals surface area contributed by atoms with Crippen LogP contribution in [-0.4, -0.2) is 39.3 Å². The Morgan fingerprint density at radius 1 is 1.40 bits per heavy atom. The van der Waals surface area contributed by atoms with Crippen LogP contribution < -0.4 is 5.32 Å². The number of benzene rings is 1. The first-order chi connectivity index (χ1) is 9.54. The second kappa shape index (κ2) is 8.55. The first kappa shape index (κ1) is 16.5. The fourth-order valence-corrected chi connectivity index (χ4v) is 1.49. The predicted molar refractivity (Wildman–Crippen MR) is 66.3 cm³/mol. The summed E-state index contributed by atoms with van der Waals surface area (Å²) in [5, 5.41) is 2.91. The van der Waals surface area contributed by atoms with E-state index in [0.29, 0.717) is 18.7 Å². The molecule has 1 aromatic carbocycles. The number of hydrogen-bond acceptors (Lipinski definition) is 4. The van der Waals surface area contributed by atoms with Crippen molar-refractivity contribution in [2.75, 3.05) is 26.9 Å². The minimum Gasteiger partial charge on any atom is -0.465 e. The molecule has 0 spiro atoms. The third-order valence-corrected chi connectivity index (χ3v) is 2.43. The van der Waals surface area contributed by atoms with Gasteiger partial charge in [0.25, 0.3) is 6.43 Å². The largest absolute Gasteiger partial charge is 0.465 e. The maximum atomic E-state index is 13.6. The number of ether oxygens (including phenoxy) is 2. The molecule has 0 radical (unpaired) electrons. The quantitative estimate of drug-likeness (QED) is 0.588. The third-order valence-electron chi connectivity index (χ3n) is 2.43. The highest BCUT2D eigenvalue weighted by atomic mass is 19.3. The molecule has 0 heterocycles. The molecule has 1 rings (SSSR count). The van der Waals surface area contributed by atoms with E-state index < -0.39 is 24.8 Å². The summed E-state index contributed by atoms with van der Waals surface area (Å²) in [6.45, 7) is 0.265. The van der Waals surface area contributed by atoms with Crippen molar-refractivity contribution >= 4 is 5.97 Å². The van der Waals surface area contributed by atoms with Gasteiger partial charge in [-0.2, -0.15) is 0 Å². The smallest absolute Gasteiger partial charge is 0.340 e. The van der Waals surface area contributed by atoms with Crippen LogP contribution in [0.1, 0.15) is 15.9 Å². The summed E-state index contributed by atoms with van der Waals surface area (Å²) >= 11 is 0. The summed E-state index contributed by atoms with van der Waals surface area (Å²) in [5.74, 6) is -1.40. The van der Waals surface area contributed by atoms with Gasteiger partial charge in [0.15, 0.2) is 0 Å². The molecule has 0 aliphatic heterocycles. The molecule has 0 amide bonds. The highest BCUT2D eigenvalue weighted by molar-refractivity contribution is 5.89. The summed E-state index contributed by atoms with van der Waals surface area (Å²) < 4.78 is 46.2. The van der Waals surface area contributed by atoms with Crippen LogP contribution in [0.3, 0.4) is 0 Å². The molecule has 1 aromatic rings. The second-order valence-electron chi connectivity index (χ2n) is 3.95. The Kier molecular flexibility index (Phi) is 7.03. The van der Waals surface area contributed by atoms with Crippen LogP contribution in [0.25, 0.3) is 0 Å². The molecule has 112 valence electrons. The maximum Gasteiger partial charge on any atom is 0.340 e. The summed E-state index contributed by atoms with van der Waals surface area (Å²) in [5.41, 5.74) is 0.500. The zero-order chi connectivity index (χ0) is 15.0. The van der Waals surface area contributed by atoms with Crippen molar-refractivity contribution in [3.63, 3.8) is 0 Å². The topological polar surface area (TPSA) is 47.6 Å². The molecule has 0 aliphatic carbocycles. The Balaban J connectivity index is 2.35. The number of carbonyl (C=O) groups is 1. The maximum absolute atomic E-state index is 13.6. The first-order valence-electron chi connectivity index (χ1n) is 5.98. The fraction of sp³-hybridized carbons (Fsp3) is 0.462. The van der Waals surface area contributed by atoms with Crippen LogP contribution in [-0.2, 0) is 16.0 Å². The summed E-state index contributed by atoms with van der Waals surface area (Å²) in [6, 6.07) is 4.15. The Hall–Kier alpha value is -1.60. The number of halogens is 3. The monoisotopic (exact) mass is 291 g/mol. The first-order valence-corrected chi connectivity index (χ1v) is 5.98. The SMILES string of the molecule is COC(=O)c1ccc(CNCCOCC(F)F)cc1F. The Labute approximate surface area is 114 Å². The van der Waals surface area contributed by atoms with E-state index in [-0.39, 0.29) is 12.2 Å². The molecule has 0 saturated carbocycles. The van der Waals surface area contributed by atoms with Gasteiger partial charge < -0.3 is 14.8 Å². The van der Waals surface area contributed by atoms with Crippen LogP contribution in [0.15, 0.2) is 18.2 Å². The van der Waals surface area contributed by atoms with Gasteiger partial charge in [0.1, 0.15) is 12.4 Å². The molecule has 0 aromatic heterocycles. The van der Waals surface area contributed by atoms with Gasteiger partial charge in [-0.1, -0.05) is 6.07 Å². The van der Waals surface area contributed by atoms with Crippen molar-refractivity contribution in [1.82, 2.24) is 5.32 Å². The lowest BCUT2D eigenvalue weighted by Gasteiger charge is -2.07. The van der Waals surface area contributed by atoms with E-state index in [1.807, 2.05) is 0 Å². The summed E-state index contributed by atoms with van der Waals surface area (Å²) in [4.78, 5) is 11.2. The van der Waals surface area contributed by atoms with E-state index in [9.17, 15) is 18.0 Å². The molecule has 0 bridgehead atoms. The Morgan fingerprint density at radius 3 is 2.75 bits per heavy atom. The third kappa shape index (κ3) is 5.58. The summed E-state index contributed by atoms with van der Waals surface area (Å²) in [7, 11) is 1.18. The van der Waals surface area contributed by atoms with Crippen molar-refractivity contribution in [3.8, 4) is 0 Å². The number of esters is 1. The van der Waals surface area contributed by atoms with Crippen molar-refractivity contribution in [1.29, 1.82) is 0 Å². The van der Waals surface area contributed by atoms with Crippen molar-refractivity contribution < 1.29 is 27.4 Å². The van der Waals surface area contributed by atoms with Gasteiger partial charge >= 0.3 is 5.97 Å². The molecule has 0 fully saturated rings. The fourth-order valence-electron chi connectivity index (χ4n) is 1.49. The molecule has 4 nitrogen and oxygen atoms in total. The highest BCUT2D eigenvalue weighted by Gasteiger charge is 2.11. The second-order valence-corrected chi connectivity index (χ2v) is 3.95. The van der Waals surface area contributed by atoms with Gasteiger partial charge in [0, 0.05) is 13.1 Å². The van der Waals surface area contributed by atoms with Crippen molar-refractivity contribution in [2.24, 2.45) is 0 Å². The lowest BCUT2D eigenvalue weighted by atomic mass is 10.1. The van der Waals surface area contributed by atoms with Gasteiger partial charge in [-0.25, -0.2) is 18.0 Å². The summed E-state index contributed by atoms with van der Waals surface area (Å²) in [6.07, 6.45) is -2.48. The van der Waals surface area contributed by atoms with Crippen LogP contribution >= 0.6 is 0 Å². The van der Waals surface area contributed by atoms with Gasteiger partial charge in [-0.3, -0.25) is 0 Å². The average Bonchev–Trinajstić information content (AvgIpc) is 2.41. The van der Waals surface area contributed by atoms with E-state index in [1.54, 1.807) is 6.07 Å². The Bertz CT molecular complexity index is 441. The zero-order valence-corrected chi connectivity index (χ0v) is 11.0. The molecule has 20 heavy (non-hydrogen) atoms. The van der Waals surface area contributed by atoms with E-state index in [4.69, 9.17) is 0 Å². The van der Waals surface area contributed by atoms with Crippen LogP contribution in [0, 0.1) is 5.82 Å². The normalized spacial score (nSPS) is 10.8. The molecule has 7 heteroatoms. The van der Waals surface area contributed by atoms with Gasteiger partial charge in [-0.05, 0) is 17.7 Å². The van der Waals surface area contributed by atoms with E-state index >= 15 is 0 Å². The molecule has 0 unspecified atom stereocenters. The standard InChI is InChI=1S/C13H16F3NO3/c1-19-13(18)10-3-2-9(6-11(10)14)7-17-4-5-20-8-12(15)16/h2-3,6,12,17H,4-5,7-8H2,1H3. The van der Waals surface area contributed by atoms with Gasteiger partial charge in [0.05, 0.1) is 19.3 Å². The number of methoxy groups -OCH3 is 1. The minimum absolute atomic E-state index is 0.128. The lowest BCUT2D eigenvalue weighted by molar-refractivity contribution is 0.0187. The van der Waals surface area contributed by atoms with E-state index in [0.717, 1.165) is 0 Å². The number of nitrogens with one attached hydrogen (secondary N) is 1. The number of rotatable bonds is 8. The van der Waals surface area contributed by atoms with E-state index in [2.05, 4.69) is 14.8 Å². The minimum atomic E-state index is -2.48. The van der Waals surface area contributed by atoms with Crippen LogP contribution in [0.4, 0.5) is 13.2 Å². The average molecular weight is 291 g/mol. The number of hydrogen-bond donors (Lipinski definition) is 1. The molecule has 0 saturated heterocycles.